The van der Waals surface area contributed by atoms with Crippen molar-refractivity contribution in [3.8, 4) is 5.75 Å². The maximum Gasteiger partial charge on any atom is 0.339 e. The summed E-state index contributed by atoms with van der Waals surface area (Å²) in [7, 11) is 3.37. The first kappa shape index (κ1) is 14.2. The number of nitrogens with zero attached hydrogens (tertiary/aromatic N) is 1. The first-order valence-electron chi connectivity index (χ1n) is 5.94. The molecule has 2 aromatic carbocycles. The van der Waals surface area contributed by atoms with Crippen LogP contribution in [0.5, 0.6) is 5.75 Å². The highest BCUT2D eigenvalue weighted by molar-refractivity contribution is 6.34. The van der Waals surface area contributed by atoms with E-state index < -0.39 is 5.97 Å². The van der Waals surface area contributed by atoms with Gasteiger partial charge in [0.25, 0.3) is 0 Å². The van der Waals surface area contributed by atoms with Gasteiger partial charge in [0.05, 0.1) is 17.8 Å². The Labute approximate surface area is 122 Å². The Bertz CT molecular complexity index is 643. The van der Waals surface area contributed by atoms with Crippen LogP contribution < -0.4 is 9.64 Å². The van der Waals surface area contributed by atoms with Crippen molar-refractivity contribution < 1.29 is 14.6 Å². The number of anilines is 2. The fourth-order valence-corrected chi connectivity index (χ4v) is 2.21. The summed E-state index contributed by atoms with van der Waals surface area (Å²) in [5.41, 5.74) is 1.42. The SMILES string of the molecule is COc1cccc(N(C)c2cccc(Cl)c2C(=O)O)c1. The first-order chi connectivity index (χ1) is 9.54. The Hall–Kier alpha value is -2.20. The van der Waals surface area contributed by atoms with Gasteiger partial charge in [-0.2, -0.15) is 0 Å². The van der Waals surface area contributed by atoms with Crippen molar-refractivity contribution >= 4 is 28.9 Å². The Morgan fingerprint density at radius 1 is 1.25 bits per heavy atom. The normalized spacial score (nSPS) is 10.2. The van der Waals surface area contributed by atoms with Crippen LogP contribution in [0.15, 0.2) is 42.5 Å². The van der Waals surface area contributed by atoms with Gasteiger partial charge < -0.3 is 14.7 Å². The fourth-order valence-electron chi connectivity index (χ4n) is 1.96. The van der Waals surface area contributed by atoms with Crippen molar-refractivity contribution in [3.63, 3.8) is 0 Å². The number of carbonyl (C=O) groups is 1. The quantitative estimate of drug-likeness (QED) is 0.930. The van der Waals surface area contributed by atoms with Gasteiger partial charge in [-0.3, -0.25) is 0 Å². The number of hydrogen-bond acceptors (Lipinski definition) is 3. The first-order valence-corrected chi connectivity index (χ1v) is 6.32. The van der Waals surface area contributed by atoms with E-state index in [9.17, 15) is 9.90 Å². The molecule has 5 heteroatoms. The molecule has 0 unspecified atom stereocenters. The van der Waals surface area contributed by atoms with Crippen LogP contribution >= 0.6 is 11.6 Å². The van der Waals surface area contributed by atoms with Gasteiger partial charge in [0.2, 0.25) is 0 Å². The molecule has 0 fully saturated rings. The number of benzene rings is 2. The van der Waals surface area contributed by atoms with Crippen LogP contribution in [0.4, 0.5) is 11.4 Å². The highest BCUT2D eigenvalue weighted by Crippen LogP contribution is 2.32. The molecule has 20 heavy (non-hydrogen) atoms. The van der Waals surface area contributed by atoms with Crippen LogP contribution in [0, 0.1) is 0 Å². The lowest BCUT2D eigenvalue weighted by molar-refractivity contribution is 0.0698. The molecule has 0 spiro atoms. The van der Waals surface area contributed by atoms with Gasteiger partial charge in [-0.25, -0.2) is 4.79 Å². The van der Waals surface area contributed by atoms with Gasteiger partial charge in [-0.05, 0) is 24.3 Å². The summed E-state index contributed by atoms with van der Waals surface area (Å²) in [4.78, 5) is 13.1. The zero-order chi connectivity index (χ0) is 14.7. The van der Waals surface area contributed by atoms with E-state index in [1.54, 1.807) is 37.3 Å². The molecule has 0 atom stereocenters. The van der Waals surface area contributed by atoms with E-state index in [2.05, 4.69) is 0 Å². The molecular formula is C15H14ClNO3. The highest BCUT2D eigenvalue weighted by Gasteiger charge is 2.18. The van der Waals surface area contributed by atoms with Crippen molar-refractivity contribution in [3.05, 3.63) is 53.1 Å². The van der Waals surface area contributed by atoms with E-state index in [-0.39, 0.29) is 10.6 Å². The summed E-state index contributed by atoms with van der Waals surface area (Å²) < 4.78 is 5.17. The minimum atomic E-state index is -1.06. The van der Waals surface area contributed by atoms with E-state index in [0.29, 0.717) is 11.4 Å². The largest absolute Gasteiger partial charge is 0.497 e. The summed E-state index contributed by atoms with van der Waals surface area (Å²) in [6.45, 7) is 0. The highest BCUT2D eigenvalue weighted by atomic mass is 35.5. The number of ether oxygens (including phenoxy) is 1. The Kier molecular flexibility index (Phi) is 4.15. The van der Waals surface area contributed by atoms with E-state index in [1.165, 1.54) is 0 Å². The Morgan fingerprint density at radius 2 is 1.95 bits per heavy atom. The molecule has 0 heterocycles. The maximum atomic E-state index is 11.4. The molecule has 104 valence electrons. The topological polar surface area (TPSA) is 49.8 Å². The molecule has 0 aliphatic rings. The number of halogens is 1. The van der Waals surface area contributed by atoms with E-state index in [4.69, 9.17) is 16.3 Å². The average molecular weight is 292 g/mol. The minimum absolute atomic E-state index is 0.0829. The number of methoxy groups -OCH3 is 1. The molecule has 2 rings (SSSR count). The second kappa shape index (κ2) is 5.84. The molecule has 0 amide bonds. The van der Waals surface area contributed by atoms with Gasteiger partial charge in [-0.15, -0.1) is 0 Å². The number of hydrogen-bond donors (Lipinski definition) is 1. The zero-order valence-corrected chi connectivity index (χ0v) is 11.9. The third-order valence-corrected chi connectivity index (χ3v) is 3.32. The van der Waals surface area contributed by atoms with Crippen LogP contribution in [0.3, 0.4) is 0 Å². The fraction of sp³-hybridized carbons (Fsp3) is 0.133. The summed E-state index contributed by atoms with van der Waals surface area (Å²) in [5, 5.41) is 9.52. The molecule has 0 aliphatic heterocycles. The van der Waals surface area contributed by atoms with Crippen molar-refractivity contribution in [2.45, 2.75) is 0 Å². The summed E-state index contributed by atoms with van der Waals surface area (Å²) in [5.74, 6) is -0.353. The molecule has 0 saturated heterocycles. The molecular weight excluding hydrogens is 278 g/mol. The molecule has 0 aliphatic carbocycles. The molecule has 0 radical (unpaired) electrons. The van der Waals surface area contributed by atoms with E-state index in [0.717, 1.165) is 5.69 Å². The van der Waals surface area contributed by atoms with Crippen LogP contribution in [-0.4, -0.2) is 25.2 Å². The van der Waals surface area contributed by atoms with E-state index in [1.807, 2.05) is 24.3 Å². The third-order valence-electron chi connectivity index (χ3n) is 3.01. The van der Waals surface area contributed by atoms with Crippen molar-refractivity contribution in [1.82, 2.24) is 0 Å². The second-order valence-electron chi connectivity index (χ2n) is 4.20. The Balaban J connectivity index is 2.50. The van der Waals surface area contributed by atoms with Gasteiger partial charge in [0, 0.05) is 18.8 Å². The summed E-state index contributed by atoms with van der Waals surface area (Å²) in [6, 6.07) is 12.4. The van der Waals surface area contributed by atoms with Crippen molar-refractivity contribution in [2.75, 3.05) is 19.1 Å². The average Bonchev–Trinajstić information content (AvgIpc) is 2.45. The van der Waals surface area contributed by atoms with Crippen LogP contribution in [-0.2, 0) is 0 Å². The molecule has 2 aromatic rings. The minimum Gasteiger partial charge on any atom is -0.497 e. The third kappa shape index (κ3) is 2.70. The van der Waals surface area contributed by atoms with Gasteiger partial charge in [-0.1, -0.05) is 23.7 Å². The van der Waals surface area contributed by atoms with Crippen LogP contribution in [0.1, 0.15) is 10.4 Å². The van der Waals surface area contributed by atoms with Crippen LogP contribution in [0.25, 0.3) is 0 Å². The number of rotatable bonds is 4. The summed E-state index contributed by atoms with van der Waals surface area (Å²) >= 11 is 5.98. The molecule has 4 nitrogen and oxygen atoms in total. The molecule has 1 N–H and O–H groups in total. The smallest absolute Gasteiger partial charge is 0.339 e. The Morgan fingerprint density at radius 3 is 2.60 bits per heavy atom. The van der Waals surface area contributed by atoms with Gasteiger partial charge in [0.15, 0.2) is 0 Å². The number of carboxylic acid groups (broad SMARTS) is 1. The zero-order valence-electron chi connectivity index (χ0n) is 11.1. The van der Waals surface area contributed by atoms with Gasteiger partial charge >= 0.3 is 5.97 Å². The lowest BCUT2D eigenvalue weighted by atomic mass is 10.1. The number of carboxylic acids is 1. The molecule has 0 aromatic heterocycles. The monoisotopic (exact) mass is 291 g/mol. The number of aromatic carboxylic acids is 1. The lowest BCUT2D eigenvalue weighted by Gasteiger charge is -2.22. The van der Waals surface area contributed by atoms with Crippen molar-refractivity contribution in [2.24, 2.45) is 0 Å². The van der Waals surface area contributed by atoms with Gasteiger partial charge in [0.1, 0.15) is 11.3 Å². The lowest BCUT2D eigenvalue weighted by Crippen LogP contribution is -2.14. The maximum absolute atomic E-state index is 11.4. The predicted octanol–water partition coefficient (Wildman–Crippen LogP) is 3.81. The summed E-state index contributed by atoms with van der Waals surface area (Å²) in [6.07, 6.45) is 0. The molecule has 0 saturated carbocycles. The van der Waals surface area contributed by atoms with Crippen molar-refractivity contribution in [1.29, 1.82) is 0 Å². The standard InChI is InChI=1S/C15H14ClNO3/c1-17(10-5-3-6-11(9-10)20-2)13-8-4-7-12(16)14(13)15(18)19/h3-9H,1-2H3,(H,18,19). The van der Waals surface area contributed by atoms with Crippen LogP contribution in [0.2, 0.25) is 5.02 Å². The second-order valence-corrected chi connectivity index (χ2v) is 4.61. The predicted molar refractivity (Wildman–Crippen MR) is 79.5 cm³/mol. The van der Waals surface area contributed by atoms with E-state index >= 15 is 0 Å². The molecule has 0 bridgehead atoms.